The number of benzene rings is 1. The van der Waals surface area contributed by atoms with Crippen LogP contribution >= 0.6 is 11.3 Å². The molecule has 6 heteroatoms. The molecule has 24 heavy (non-hydrogen) atoms. The first-order chi connectivity index (χ1) is 11.5. The van der Waals surface area contributed by atoms with Gasteiger partial charge in [-0.15, -0.1) is 11.3 Å². The Labute approximate surface area is 145 Å². The Morgan fingerprint density at radius 2 is 2.00 bits per heavy atom. The fourth-order valence-corrected chi connectivity index (χ4v) is 3.38. The second kappa shape index (κ2) is 6.97. The third kappa shape index (κ3) is 3.71. The highest BCUT2D eigenvalue weighted by molar-refractivity contribution is 7.13. The number of hydrazone groups is 1. The minimum atomic E-state index is -0.374. The molecule has 2 aromatic rings. The van der Waals surface area contributed by atoms with Crippen molar-refractivity contribution in [2.24, 2.45) is 11.0 Å². The van der Waals surface area contributed by atoms with Crippen LogP contribution in [0.3, 0.4) is 0 Å². The van der Waals surface area contributed by atoms with E-state index in [9.17, 15) is 9.59 Å². The number of aryl methyl sites for hydroxylation is 2. The number of hydrogen-bond acceptors (Lipinski definition) is 4. The number of rotatable bonds is 4. The van der Waals surface area contributed by atoms with E-state index in [0.717, 1.165) is 16.1 Å². The smallest absolute Gasteiger partial charge is 0.245 e. The molecule has 1 atom stereocenters. The van der Waals surface area contributed by atoms with Gasteiger partial charge < -0.3 is 4.90 Å². The van der Waals surface area contributed by atoms with Crippen molar-refractivity contribution in [3.63, 3.8) is 0 Å². The van der Waals surface area contributed by atoms with Gasteiger partial charge in [-0.25, -0.2) is 5.43 Å². The number of hydrogen-bond donors (Lipinski definition) is 1. The first-order valence-corrected chi connectivity index (χ1v) is 8.61. The summed E-state index contributed by atoms with van der Waals surface area (Å²) in [5.74, 6) is -0.625. The Morgan fingerprint density at radius 1 is 1.25 bits per heavy atom. The van der Waals surface area contributed by atoms with Crippen molar-refractivity contribution >= 4 is 35.1 Å². The van der Waals surface area contributed by atoms with E-state index >= 15 is 0 Å². The maximum absolute atomic E-state index is 12.2. The van der Waals surface area contributed by atoms with Crippen LogP contribution in [0.15, 0.2) is 41.5 Å². The number of anilines is 1. The molecule has 1 aliphatic rings. The Hall–Kier alpha value is -2.47. The number of nitrogens with zero attached hydrogens (tertiary/aromatic N) is 2. The molecule has 1 fully saturated rings. The molecule has 1 unspecified atom stereocenters. The molecule has 0 spiro atoms. The summed E-state index contributed by atoms with van der Waals surface area (Å²) in [5.41, 5.74) is 4.51. The van der Waals surface area contributed by atoms with E-state index in [0.29, 0.717) is 6.54 Å². The number of carbonyl (C=O) groups excluding carboxylic acids is 2. The number of amides is 2. The van der Waals surface area contributed by atoms with Gasteiger partial charge in [-0.3, -0.25) is 9.59 Å². The Kier molecular flexibility index (Phi) is 4.76. The monoisotopic (exact) mass is 341 g/mol. The summed E-state index contributed by atoms with van der Waals surface area (Å²) in [6.45, 7) is 4.41. The zero-order valence-electron chi connectivity index (χ0n) is 13.7. The molecule has 0 saturated carbocycles. The summed E-state index contributed by atoms with van der Waals surface area (Å²) in [5, 5.41) is 3.99. The van der Waals surface area contributed by atoms with Crippen LogP contribution < -0.4 is 10.3 Å². The van der Waals surface area contributed by atoms with E-state index in [1.54, 1.807) is 22.5 Å². The van der Waals surface area contributed by atoms with Crippen molar-refractivity contribution in [2.45, 2.75) is 20.3 Å². The molecule has 1 saturated heterocycles. The Balaban J connectivity index is 1.59. The molecule has 1 aromatic carbocycles. The standard InChI is InChI=1S/C18H19N3O2S/c1-12-3-6-15(7-4-12)21-11-14(9-17(21)22)18(23)20-19-10-16-8-5-13(2)24-16/h3-8,10,14H,9,11H2,1-2H3,(H,20,23)/b19-10+. The van der Waals surface area contributed by atoms with E-state index < -0.39 is 0 Å². The highest BCUT2D eigenvalue weighted by atomic mass is 32.1. The summed E-state index contributed by atoms with van der Waals surface area (Å²) < 4.78 is 0. The summed E-state index contributed by atoms with van der Waals surface area (Å²) in [7, 11) is 0. The van der Waals surface area contributed by atoms with Crippen molar-refractivity contribution in [2.75, 3.05) is 11.4 Å². The summed E-state index contributed by atoms with van der Waals surface area (Å²) in [4.78, 5) is 28.2. The molecule has 0 bridgehead atoms. The van der Waals surface area contributed by atoms with Crippen LogP contribution in [0.5, 0.6) is 0 Å². The predicted octanol–water partition coefficient (Wildman–Crippen LogP) is 2.87. The summed E-state index contributed by atoms with van der Waals surface area (Å²) in [6.07, 6.45) is 1.84. The normalized spacial score (nSPS) is 17.7. The van der Waals surface area contributed by atoms with Gasteiger partial charge in [-0.05, 0) is 38.1 Å². The average molecular weight is 341 g/mol. The lowest BCUT2D eigenvalue weighted by Gasteiger charge is -2.16. The molecule has 2 heterocycles. The second-order valence-corrected chi connectivity index (χ2v) is 7.24. The van der Waals surface area contributed by atoms with E-state index in [4.69, 9.17) is 0 Å². The molecule has 2 amide bonds. The molecule has 1 N–H and O–H groups in total. The predicted molar refractivity (Wildman–Crippen MR) is 96.4 cm³/mol. The molecule has 5 nitrogen and oxygen atoms in total. The largest absolute Gasteiger partial charge is 0.312 e. The minimum absolute atomic E-state index is 0.0307. The highest BCUT2D eigenvalue weighted by Crippen LogP contribution is 2.25. The molecular weight excluding hydrogens is 322 g/mol. The van der Waals surface area contributed by atoms with Crippen molar-refractivity contribution in [1.29, 1.82) is 0 Å². The van der Waals surface area contributed by atoms with Gasteiger partial charge in [-0.1, -0.05) is 17.7 Å². The van der Waals surface area contributed by atoms with Gasteiger partial charge in [0.1, 0.15) is 0 Å². The first-order valence-electron chi connectivity index (χ1n) is 7.79. The van der Waals surface area contributed by atoms with Gasteiger partial charge in [0.05, 0.1) is 12.1 Å². The summed E-state index contributed by atoms with van der Waals surface area (Å²) >= 11 is 1.61. The van der Waals surface area contributed by atoms with Gasteiger partial charge in [0.25, 0.3) is 0 Å². The lowest BCUT2D eigenvalue weighted by molar-refractivity contribution is -0.126. The zero-order chi connectivity index (χ0) is 17.1. The van der Waals surface area contributed by atoms with E-state index in [1.165, 1.54) is 4.88 Å². The lowest BCUT2D eigenvalue weighted by Crippen LogP contribution is -2.30. The SMILES string of the molecule is Cc1ccc(N2CC(C(=O)N/N=C/c3ccc(C)s3)CC2=O)cc1. The molecule has 1 aromatic heterocycles. The average Bonchev–Trinajstić information content (AvgIpc) is 3.14. The number of nitrogens with one attached hydrogen (secondary N) is 1. The first kappa shape index (κ1) is 16.4. The topological polar surface area (TPSA) is 61.8 Å². The van der Waals surface area contributed by atoms with Crippen LogP contribution in [-0.2, 0) is 9.59 Å². The van der Waals surface area contributed by atoms with E-state index in [1.807, 2.05) is 50.2 Å². The molecule has 124 valence electrons. The van der Waals surface area contributed by atoms with Crippen LogP contribution in [-0.4, -0.2) is 24.6 Å². The zero-order valence-corrected chi connectivity index (χ0v) is 14.5. The molecule has 0 aliphatic carbocycles. The maximum atomic E-state index is 12.2. The van der Waals surface area contributed by atoms with Gasteiger partial charge in [-0.2, -0.15) is 5.10 Å². The quantitative estimate of drug-likeness (QED) is 0.686. The molecular formula is C18H19N3O2S. The van der Waals surface area contributed by atoms with E-state index in [2.05, 4.69) is 10.5 Å². The Bertz CT molecular complexity index is 780. The van der Waals surface area contributed by atoms with Crippen molar-refractivity contribution in [3.05, 3.63) is 51.7 Å². The molecule has 0 radical (unpaired) electrons. The van der Waals surface area contributed by atoms with E-state index in [-0.39, 0.29) is 24.2 Å². The van der Waals surface area contributed by atoms with Gasteiger partial charge in [0.2, 0.25) is 11.8 Å². The maximum Gasteiger partial charge on any atom is 0.245 e. The van der Waals surface area contributed by atoms with Gasteiger partial charge in [0.15, 0.2) is 0 Å². The fourth-order valence-electron chi connectivity index (χ4n) is 2.63. The molecule has 1 aliphatic heterocycles. The van der Waals surface area contributed by atoms with Crippen molar-refractivity contribution in [3.8, 4) is 0 Å². The van der Waals surface area contributed by atoms with Crippen LogP contribution in [0.1, 0.15) is 21.7 Å². The van der Waals surface area contributed by atoms with Crippen LogP contribution in [0, 0.1) is 19.8 Å². The van der Waals surface area contributed by atoms with Crippen molar-refractivity contribution in [1.82, 2.24) is 5.43 Å². The van der Waals surface area contributed by atoms with Crippen molar-refractivity contribution < 1.29 is 9.59 Å². The highest BCUT2D eigenvalue weighted by Gasteiger charge is 2.35. The molecule has 3 rings (SSSR count). The fraction of sp³-hybridized carbons (Fsp3) is 0.278. The lowest BCUT2D eigenvalue weighted by atomic mass is 10.1. The van der Waals surface area contributed by atoms with Crippen LogP contribution in [0.4, 0.5) is 5.69 Å². The Morgan fingerprint density at radius 3 is 2.67 bits per heavy atom. The van der Waals surface area contributed by atoms with Gasteiger partial charge >= 0.3 is 0 Å². The summed E-state index contributed by atoms with van der Waals surface area (Å²) in [6, 6.07) is 11.7. The van der Waals surface area contributed by atoms with Crippen LogP contribution in [0.2, 0.25) is 0 Å². The third-order valence-corrected chi connectivity index (χ3v) is 4.90. The second-order valence-electron chi connectivity index (χ2n) is 5.92. The minimum Gasteiger partial charge on any atom is -0.312 e. The van der Waals surface area contributed by atoms with Gasteiger partial charge in [0, 0.05) is 28.4 Å². The van der Waals surface area contributed by atoms with Crippen LogP contribution in [0.25, 0.3) is 0 Å². The third-order valence-electron chi connectivity index (χ3n) is 3.97. The number of thiophene rings is 1. The number of carbonyl (C=O) groups is 2.